The van der Waals surface area contributed by atoms with E-state index < -0.39 is 0 Å². The Kier molecular flexibility index (Phi) is 2.41. The van der Waals surface area contributed by atoms with Crippen LogP contribution < -0.4 is 5.56 Å². The van der Waals surface area contributed by atoms with E-state index in [1.54, 1.807) is 12.1 Å². The van der Waals surface area contributed by atoms with E-state index in [0.29, 0.717) is 22.3 Å². The number of rotatable bonds is 1. The van der Waals surface area contributed by atoms with Crippen LogP contribution in [-0.4, -0.2) is 15.0 Å². The normalized spacial score (nSPS) is 11.3. The fraction of sp³-hybridized carbons (Fsp3) is 0. The minimum Gasteiger partial charge on any atom is -0.338 e. The van der Waals surface area contributed by atoms with Crippen LogP contribution in [0.1, 0.15) is 0 Å². The van der Waals surface area contributed by atoms with Gasteiger partial charge in [0.2, 0.25) is 0 Å². The van der Waals surface area contributed by atoms with Gasteiger partial charge in [0, 0.05) is 10.9 Å². The van der Waals surface area contributed by atoms with Crippen LogP contribution in [0.4, 0.5) is 4.39 Å². The highest BCUT2D eigenvalue weighted by Crippen LogP contribution is 2.20. The van der Waals surface area contributed by atoms with Crippen molar-refractivity contribution in [2.75, 3.05) is 0 Å². The number of imidazole rings is 1. The van der Waals surface area contributed by atoms with Crippen LogP contribution in [-0.2, 0) is 0 Å². The molecule has 0 bridgehead atoms. The number of aromatic nitrogens is 3. The second-order valence-electron chi connectivity index (χ2n) is 4.85. The first-order chi connectivity index (χ1) is 10.2. The summed E-state index contributed by atoms with van der Waals surface area (Å²) in [5.41, 5.74) is 2.37. The molecule has 4 nitrogen and oxygen atoms in total. The maximum absolute atomic E-state index is 13.3. The summed E-state index contributed by atoms with van der Waals surface area (Å²) in [7, 11) is 0. The van der Waals surface area contributed by atoms with Gasteiger partial charge in [-0.1, -0.05) is 12.1 Å². The van der Waals surface area contributed by atoms with Gasteiger partial charge in [-0.05, 0) is 36.4 Å². The molecule has 4 aromatic rings. The molecule has 0 aliphatic rings. The zero-order valence-corrected chi connectivity index (χ0v) is 10.9. The Hall–Kier alpha value is -2.95. The van der Waals surface area contributed by atoms with Crippen molar-refractivity contribution >= 4 is 21.9 Å². The molecule has 0 amide bonds. The molecule has 0 aliphatic carbocycles. The van der Waals surface area contributed by atoms with E-state index in [9.17, 15) is 9.18 Å². The number of hydrogen-bond donors (Lipinski definition) is 2. The first-order valence-corrected chi connectivity index (χ1v) is 6.48. The van der Waals surface area contributed by atoms with E-state index in [1.807, 2.05) is 24.3 Å². The molecule has 5 heteroatoms. The van der Waals surface area contributed by atoms with Crippen LogP contribution in [0.2, 0.25) is 0 Å². The van der Waals surface area contributed by atoms with E-state index in [4.69, 9.17) is 0 Å². The number of halogens is 1. The standard InChI is InChI=1S/C16H10FN3O/c17-10-5-6-12-9(7-10)8-11(16(21)20-12)15-18-13-3-1-2-4-14(13)19-15/h1-8H,(H,18,19)(H,20,21). The van der Waals surface area contributed by atoms with Crippen molar-refractivity contribution in [3.8, 4) is 11.4 Å². The summed E-state index contributed by atoms with van der Waals surface area (Å²) >= 11 is 0. The molecule has 21 heavy (non-hydrogen) atoms. The highest BCUT2D eigenvalue weighted by Gasteiger charge is 2.10. The third kappa shape index (κ3) is 1.90. The smallest absolute Gasteiger partial charge is 0.259 e. The van der Waals surface area contributed by atoms with Crippen molar-refractivity contribution in [2.45, 2.75) is 0 Å². The largest absolute Gasteiger partial charge is 0.338 e. The van der Waals surface area contributed by atoms with Crippen molar-refractivity contribution in [1.29, 1.82) is 0 Å². The van der Waals surface area contributed by atoms with Gasteiger partial charge < -0.3 is 9.97 Å². The van der Waals surface area contributed by atoms with E-state index in [0.717, 1.165) is 11.0 Å². The van der Waals surface area contributed by atoms with Crippen molar-refractivity contribution in [1.82, 2.24) is 15.0 Å². The predicted molar refractivity (Wildman–Crippen MR) is 79.6 cm³/mol. The first-order valence-electron chi connectivity index (χ1n) is 6.48. The minimum absolute atomic E-state index is 0.256. The second-order valence-corrected chi connectivity index (χ2v) is 4.85. The van der Waals surface area contributed by atoms with Crippen LogP contribution in [0.5, 0.6) is 0 Å². The van der Waals surface area contributed by atoms with Crippen LogP contribution >= 0.6 is 0 Å². The Morgan fingerprint density at radius 3 is 2.67 bits per heavy atom. The van der Waals surface area contributed by atoms with Crippen molar-refractivity contribution in [2.24, 2.45) is 0 Å². The lowest BCUT2D eigenvalue weighted by molar-refractivity contribution is 0.629. The van der Waals surface area contributed by atoms with Gasteiger partial charge in [-0.25, -0.2) is 9.37 Å². The quantitative estimate of drug-likeness (QED) is 0.562. The van der Waals surface area contributed by atoms with Crippen molar-refractivity contribution in [3.05, 3.63) is 64.7 Å². The number of benzene rings is 2. The lowest BCUT2D eigenvalue weighted by Crippen LogP contribution is -2.09. The third-order valence-corrected chi connectivity index (χ3v) is 3.45. The average Bonchev–Trinajstić information content (AvgIpc) is 2.90. The molecule has 0 fully saturated rings. The average molecular weight is 279 g/mol. The Labute approximate surface area is 118 Å². The van der Waals surface area contributed by atoms with Gasteiger partial charge in [-0.3, -0.25) is 4.79 Å². The molecule has 2 aromatic heterocycles. The lowest BCUT2D eigenvalue weighted by atomic mass is 10.1. The van der Waals surface area contributed by atoms with E-state index in [-0.39, 0.29) is 11.4 Å². The molecule has 0 spiro atoms. The fourth-order valence-corrected chi connectivity index (χ4v) is 2.43. The minimum atomic E-state index is -0.342. The third-order valence-electron chi connectivity index (χ3n) is 3.45. The van der Waals surface area contributed by atoms with Crippen molar-refractivity contribution < 1.29 is 4.39 Å². The zero-order valence-electron chi connectivity index (χ0n) is 10.9. The Morgan fingerprint density at radius 1 is 0.952 bits per heavy atom. The van der Waals surface area contributed by atoms with Gasteiger partial charge in [-0.2, -0.15) is 0 Å². The van der Waals surface area contributed by atoms with Gasteiger partial charge in [0.25, 0.3) is 5.56 Å². The summed E-state index contributed by atoms with van der Waals surface area (Å²) in [6.07, 6.45) is 0. The molecule has 0 unspecified atom stereocenters. The van der Waals surface area contributed by atoms with Crippen LogP contribution in [0, 0.1) is 5.82 Å². The van der Waals surface area contributed by atoms with E-state index >= 15 is 0 Å². The first kappa shape index (κ1) is 11.8. The number of nitrogens with one attached hydrogen (secondary N) is 2. The number of aromatic amines is 2. The van der Waals surface area contributed by atoms with Gasteiger partial charge in [0.1, 0.15) is 11.6 Å². The monoisotopic (exact) mass is 279 g/mol. The Morgan fingerprint density at radius 2 is 1.81 bits per heavy atom. The molecule has 2 N–H and O–H groups in total. The second kappa shape index (κ2) is 4.28. The molecule has 0 aliphatic heterocycles. The fourth-order valence-electron chi connectivity index (χ4n) is 2.43. The highest BCUT2D eigenvalue weighted by atomic mass is 19.1. The SMILES string of the molecule is O=c1[nH]c2ccc(F)cc2cc1-c1nc2ccccc2[nH]1. The molecule has 4 rings (SSSR count). The Balaban J connectivity index is 2.00. The summed E-state index contributed by atoms with van der Waals surface area (Å²) in [4.78, 5) is 22.4. The number of nitrogens with zero attached hydrogens (tertiary/aromatic N) is 1. The van der Waals surface area contributed by atoms with Crippen LogP contribution in [0.3, 0.4) is 0 Å². The van der Waals surface area contributed by atoms with Crippen LogP contribution in [0.15, 0.2) is 53.3 Å². The van der Waals surface area contributed by atoms with Crippen molar-refractivity contribution in [3.63, 3.8) is 0 Å². The molecule has 2 aromatic carbocycles. The van der Waals surface area contributed by atoms with Gasteiger partial charge in [0.05, 0.1) is 16.6 Å². The number of pyridine rings is 1. The molecule has 2 heterocycles. The molecule has 0 radical (unpaired) electrons. The molecular formula is C16H10FN3O. The molecule has 0 saturated carbocycles. The predicted octanol–water partition coefficient (Wildman–Crippen LogP) is 3.21. The van der Waals surface area contributed by atoms with E-state index in [1.165, 1.54) is 12.1 Å². The summed E-state index contributed by atoms with van der Waals surface area (Å²) < 4.78 is 13.3. The summed E-state index contributed by atoms with van der Waals surface area (Å²) in [6, 6.07) is 13.4. The van der Waals surface area contributed by atoms with Gasteiger partial charge >= 0.3 is 0 Å². The van der Waals surface area contributed by atoms with Gasteiger partial charge in [-0.15, -0.1) is 0 Å². The number of hydrogen-bond acceptors (Lipinski definition) is 2. The van der Waals surface area contributed by atoms with Gasteiger partial charge in [0.15, 0.2) is 0 Å². The molecule has 0 atom stereocenters. The maximum Gasteiger partial charge on any atom is 0.259 e. The zero-order chi connectivity index (χ0) is 14.4. The number of fused-ring (bicyclic) bond motifs is 2. The van der Waals surface area contributed by atoms with E-state index in [2.05, 4.69) is 15.0 Å². The summed E-state index contributed by atoms with van der Waals surface area (Å²) in [5, 5.41) is 0.630. The number of para-hydroxylation sites is 2. The summed E-state index contributed by atoms with van der Waals surface area (Å²) in [6.45, 7) is 0. The van der Waals surface area contributed by atoms with Crippen LogP contribution in [0.25, 0.3) is 33.3 Å². The maximum atomic E-state index is 13.3. The molecular weight excluding hydrogens is 269 g/mol. The lowest BCUT2D eigenvalue weighted by Gasteiger charge is -2.01. The highest BCUT2D eigenvalue weighted by molar-refractivity contribution is 5.84. The Bertz CT molecular complexity index is 999. The molecule has 102 valence electrons. The topological polar surface area (TPSA) is 61.5 Å². The molecule has 0 saturated heterocycles. The number of H-pyrrole nitrogens is 2. The summed E-state index contributed by atoms with van der Waals surface area (Å²) in [5.74, 6) is 0.133.